The molecule has 0 unspecified atom stereocenters. The van der Waals surface area contributed by atoms with Crippen molar-refractivity contribution in [1.82, 2.24) is 4.90 Å². The molecule has 0 spiro atoms. The molecule has 0 atom stereocenters. The molecule has 1 aliphatic heterocycles. The van der Waals surface area contributed by atoms with Gasteiger partial charge in [0, 0.05) is 16.6 Å². The third-order valence-corrected chi connectivity index (χ3v) is 5.01. The smallest absolute Gasteiger partial charge is 0.255 e. The zero-order valence-corrected chi connectivity index (χ0v) is 14.0. The Morgan fingerprint density at radius 1 is 0.909 bits per heavy atom. The van der Waals surface area contributed by atoms with Gasteiger partial charge >= 0.3 is 0 Å². The van der Waals surface area contributed by atoms with Crippen molar-refractivity contribution < 1.29 is 4.79 Å². The molecule has 22 heavy (non-hydrogen) atoms. The Balaban J connectivity index is 2.12. The molecule has 1 saturated heterocycles. The first kappa shape index (κ1) is 15.1. The van der Waals surface area contributed by atoms with Crippen LogP contribution in [-0.2, 0) is 0 Å². The fraction of sp³-hybridized carbons (Fsp3) is 0.450. The van der Waals surface area contributed by atoms with E-state index in [1.54, 1.807) is 0 Å². The molecule has 2 nitrogen and oxygen atoms in total. The Morgan fingerprint density at radius 3 is 2.18 bits per heavy atom. The predicted molar refractivity (Wildman–Crippen MR) is 92.1 cm³/mol. The van der Waals surface area contributed by atoms with Crippen molar-refractivity contribution in [3.05, 3.63) is 48.0 Å². The summed E-state index contributed by atoms with van der Waals surface area (Å²) < 4.78 is 0. The summed E-state index contributed by atoms with van der Waals surface area (Å²) in [5.41, 5.74) is 0.618. The number of carbonyl (C=O) groups is 1. The van der Waals surface area contributed by atoms with Gasteiger partial charge in [0.15, 0.2) is 0 Å². The minimum Gasteiger partial charge on any atom is -0.328 e. The van der Waals surface area contributed by atoms with Crippen LogP contribution in [0.3, 0.4) is 0 Å². The van der Waals surface area contributed by atoms with Gasteiger partial charge in [-0.3, -0.25) is 4.79 Å². The summed E-state index contributed by atoms with van der Waals surface area (Å²) in [5, 5.41) is 2.17. The lowest BCUT2D eigenvalue weighted by Crippen LogP contribution is -2.60. The van der Waals surface area contributed by atoms with Crippen molar-refractivity contribution in [2.24, 2.45) is 0 Å². The van der Waals surface area contributed by atoms with Gasteiger partial charge in [-0.25, -0.2) is 0 Å². The summed E-state index contributed by atoms with van der Waals surface area (Å²) in [6, 6.07) is 14.2. The van der Waals surface area contributed by atoms with Gasteiger partial charge in [0.05, 0.1) is 0 Å². The predicted octanol–water partition coefficient (Wildman–Crippen LogP) is 5.02. The first-order valence-corrected chi connectivity index (χ1v) is 8.15. The van der Waals surface area contributed by atoms with Gasteiger partial charge in [-0.15, -0.1) is 0 Å². The summed E-state index contributed by atoms with van der Waals surface area (Å²) in [6.07, 6.45) is 3.30. The molecular formula is C20H25NO. The van der Waals surface area contributed by atoms with Crippen LogP contribution in [0.15, 0.2) is 42.5 Å². The zero-order chi connectivity index (χ0) is 16.0. The average molecular weight is 295 g/mol. The average Bonchev–Trinajstić information content (AvgIpc) is 2.44. The van der Waals surface area contributed by atoms with Gasteiger partial charge in [0.1, 0.15) is 0 Å². The Hall–Kier alpha value is -1.83. The van der Waals surface area contributed by atoms with Crippen molar-refractivity contribution in [2.45, 2.75) is 58.0 Å². The summed E-state index contributed by atoms with van der Waals surface area (Å²) in [4.78, 5) is 15.5. The van der Waals surface area contributed by atoms with Crippen LogP contribution in [0.1, 0.15) is 57.3 Å². The number of hydrogen-bond donors (Lipinski definition) is 0. The molecule has 0 radical (unpaired) electrons. The third-order valence-electron chi connectivity index (χ3n) is 5.01. The van der Waals surface area contributed by atoms with Crippen LogP contribution in [0, 0.1) is 0 Å². The summed E-state index contributed by atoms with van der Waals surface area (Å²) >= 11 is 0. The van der Waals surface area contributed by atoms with Gasteiger partial charge in [-0.05, 0) is 63.8 Å². The van der Waals surface area contributed by atoms with Crippen LogP contribution in [0.25, 0.3) is 10.8 Å². The SMILES string of the molecule is CC1(C)CCCC(C)(C)N1C(=O)c1cccc2ccccc12. The Labute approximate surface area is 133 Å². The fourth-order valence-corrected chi connectivity index (χ4v) is 4.08. The van der Waals surface area contributed by atoms with Crippen LogP contribution in [0.2, 0.25) is 0 Å². The Morgan fingerprint density at radius 2 is 1.50 bits per heavy atom. The highest BCUT2D eigenvalue weighted by Gasteiger charge is 2.44. The van der Waals surface area contributed by atoms with Crippen molar-refractivity contribution in [2.75, 3.05) is 0 Å². The lowest BCUT2D eigenvalue weighted by Gasteiger charge is -2.53. The normalized spacial score (nSPS) is 20.1. The number of nitrogens with zero attached hydrogens (tertiary/aromatic N) is 1. The topological polar surface area (TPSA) is 20.3 Å². The summed E-state index contributed by atoms with van der Waals surface area (Å²) in [7, 11) is 0. The van der Waals surface area contributed by atoms with Crippen LogP contribution in [0.5, 0.6) is 0 Å². The van der Waals surface area contributed by atoms with E-state index in [9.17, 15) is 4.79 Å². The highest BCUT2D eigenvalue weighted by Crippen LogP contribution is 2.39. The van der Waals surface area contributed by atoms with Crippen LogP contribution >= 0.6 is 0 Å². The fourth-order valence-electron chi connectivity index (χ4n) is 4.08. The van der Waals surface area contributed by atoms with Crippen LogP contribution < -0.4 is 0 Å². The molecule has 3 rings (SSSR count). The second kappa shape index (κ2) is 5.12. The number of rotatable bonds is 1. The van der Waals surface area contributed by atoms with Gasteiger partial charge in [-0.1, -0.05) is 36.4 Å². The number of fused-ring (bicyclic) bond motifs is 1. The Bertz CT molecular complexity index is 693. The van der Waals surface area contributed by atoms with Gasteiger partial charge in [0.2, 0.25) is 0 Å². The van der Waals surface area contributed by atoms with Crippen LogP contribution in [-0.4, -0.2) is 21.9 Å². The molecule has 0 bridgehead atoms. The van der Waals surface area contributed by atoms with Crippen molar-refractivity contribution in [3.8, 4) is 0 Å². The second-order valence-electron chi connectivity index (χ2n) is 7.65. The van der Waals surface area contributed by atoms with E-state index < -0.39 is 0 Å². The molecule has 1 amide bonds. The molecular weight excluding hydrogens is 270 g/mol. The monoisotopic (exact) mass is 295 g/mol. The second-order valence-corrected chi connectivity index (χ2v) is 7.65. The van der Waals surface area contributed by atoms with E-state index >= 15 is 0 Å². The number of benzene rings is 2. The molecule has 1 fully saturated rings. The maximum absolute atomic E-state index is 13.4. The minimum atomic E-state index is -0.101. The first-order valence-electron chi connectivity index (χ1n) is 8.15. The molecule has 0 aliphatic carbocycles. The molecule has 2 heteroatoms. The first-order chi connectivity index (χ1) is 10.3. The number of piperidine rings is 1. The lowest BCUT2D eigenvalue weighted by molar-refractivity contribution is -0.0110. The maximum Gasteiger partial charge on any atom is 0.255 e. The van der Waals surface area contributed by atoms with Gasteiger partial charge in [0.25, 0.3) is 5.91 Å². The van der Waals surface area contributed by atoms with Crippen molar-refractivity contribution in [3.63, 3.8) is 0 Å². The zero-order valence-electron chi connectivity index (χ0n) is 14.0. The molecule has 0 aromatic heterocycles. The maximum atomic E-state index is 13.4. The number of hydrogen-bond acceptors (Lipinski definition) is 1. The summed E-state index contributed by atoms with van der Waals surface area (Å²) in [6.45, 7) is 8.77. The molecule has 2 aromatic carbocycles. The van der Waals surface area contributed by atoms with E-state index in [1.807, 2.05) is 30.3 Å². The molecule has 1 aliphatic rings. The summed E-state index contributed by atoms with van der Waals surface area (Å²) in [5.74, 6) is 0.159. The van der Waals surface area contributed by atoms with Crippen molar-refractivity contribution >= 4 is 16.7 Å². The molecule has 1 heterocycles. The van der Waals surface area contributed by atoms with E-state index in [2.05, 4.69) is 44.7 Å². The van der Waals surface area contributed by atoms with Crippen LogP contribution in [0.4, 0.5) is 0 Å². The molecule has 0 N–H and O–H groups in total. The van der Waals surface area contributed by atoms with Gasteiger partial charge < -0.3 is 4.90 Å². The van der Waals surface area contributed by atoms with Crippen molar-refractivity contribution in [1.29, 1.82) is 0 Å². The highest BCUT2D eigenvalue weighted by molar-refractivity contribution is 6.07. The minimum absolute atomic E-state index is 0.101. The largest absolute Gasteiger partial charge is 0.328 e. The standard InChI is InChI=1S/C20H25NO/c1-19(2)13-8-14-20(3,4)21(19)18(22)17-12-7-10-15-9-5-6-11-16(15)17/h5-7,9-12H,8,13-14H2,1-4H3. The number of carbonyl (C=O) groups excluding carboxylic acids is 1. The Kier molecular flexibility index (Phi) is 3.51. The molecule has 116 valence electrons. The molecule has 0 saturated carbocycles. The van der Waals surface area contributed by atoms with Gasteiger partial charge in [-0.2, -0.15) is 0 Å². The van der Waals surface area contributed by atoms with E-state index in [4.69, 9.17) is 0 Å². The molecule has 2 aromatic rings. The number of likely N-dealkylation sites (tertiary alicyclic amines) is 1. The quantitative estimate of drug-likeness (QED) is 0.723. The van der Waals surface area contributed by atoms with E-state index in [-0.39, 0.29) is 17.0 Å². The number of amides is 1. The lowest BCUT2D eigenvalue weighted by atomic mass is 9.79. The van der Waals surface area contributed by atoms with E-state index in [0.29, 0.717) is 0 Å². The van der Waals surface area contributed by atoms with E-state index in [1.165, 1.54) is 6.42 Å². The van der Waals surface area contributed by atoms with E-state index in [0.717, 1.165) is 29.2 Å². The third kappa shape index (κ3) is 2.41. The highest BCUT2D eigenvalue weighted by atomic mass is 16.2.